The zero-order chi connectivity index (χ0) is 22.9. The lowest BCUT2D eigenvalue weighted by Gasteiger charge is -2.18. The number of rotatable bonds is 5. The number of aromatic nitrogens is 4. The highest BCUT2D eigenvalue weighted by molar-refractivity contribution is 6.16. The first-order chi connectivity index (χ1) is 16.0. The van der Waals surface area contributed by atoms with Crippen molar-refractivity contribution in [3.05, 3.63) is 84.3 Å². The largest absolute Gasteiger partial charge is 0.508 e. The number of H-pyrrole nitrogens is 1. The van der Waals surface area contributed by atoms with Gasteiger partial charge in [0.15, 0.2) is 0 Å². The van der Waals surface area contributed by atoms with Crippen molar-refractivity contribution in [2.45, 2.75) is 18.9 Å². The molecule has 4 aromatic rings. The minimum Gasteiger partial charge on any atom is -0.508 e. The smallest absolute Gasteiger partial charge is 0.240 e. The molecule has 0 saturated carbocycles. The number of aliphatic hydroxyl groups is 1. The third kappa shape index (κ3) is 4.01. The summed E-state index contributed by atoms with van der Waals surface area (Å²) in [4.78, 5) is 29.4. The third-order valence-electron chi connectivity index (χ3n) is 5.60. The average Bonchev–Trinajstić information content (AvgIpc) is 3.48. The van der Waals surface area contributed by atoms with Gasteiger partial charge in [-0.1, -0.05) is 12.1 Å². The molecule has 0 saturated heterocycles. The number of nitrogens with zero attached hydrogens (tertiary/aromatic N) is 4. The molecule has 9 nitrogen and oxygen atoms in total. The second kappa shape index (κ2) is 8.36. The van der Waals surface area contributed by atoms with E-state index in [9.17, 15) is 15.0 Å². The SMILES string of the molecule is Cc1cc(-n2ccnc2)cc2[nH]c(C3C(=O)NC=CC3=NCC(O)c3cccc(O)c3)nc12. The molecule has 2 unspecified atom stereocenters. The lowest BCUT2D eigenvalue weighted by Crippen LogP contribution is -2.35. The quantitative estimate of drug-likeness (QED) is 0.378. The Morgan fingerprint density at radius 3 is 2.94 bits per heavy atom. The van der Waals surface area contributed by atoms with E-state index in [0.717, 1.165) is 22.3 Å². The Balaban J connectivity index is 1.48. The van der Waals surface area contributed by atoms with Crippen LogP contribution in [0.25, 0.3) is 16.7 Å². The molecular formula is C24H22N6O3. The highest BCUT2D eigenvalue weighted by atomic mass is 16.3. The van der Waals surface area contributed by atoms with E-state index in [-0.39, 0.29) is 18.2 Å². The van der Waals surface area contributed by atoms with Gasteiger partial charge < -0.3 is 25.1 Å². The summed E-state index contributed by atoms with van der Waals surface area (Å²) in [6.45, 7) is 2.01. The average molecular weight is 442 g/mol. The van der Waals surface area contributed by atoms with Crippen LogP contribution < -0.4 is 5.32 Å². The number of phenols is 1. The number of aryl methyl sites for hydroxylation is 1. The topological polar surface area (TPSA) is 128 Å². The van der Waals surface area contributed by atoms with Crippen molar-refractivity contribution in [1.29, 1.82) is 0 Å². The normalized spacial score (nSPS) is 18.1. The first kappa shape index (κ1) is 20.7. The first-order valence-corrected chi connectivity index (χ1v) is 10.5. The predicted molar refractivity (Wildman–Crippen MR) is 123 cm³/mol. The fourth-order valence-corrected chi connectivity index (χ4v) is 3.95. The van der Waals surface area contributed by atoms with Crippen LogP contribution in [0.4, 0.5) is 0 Å². The molecule has 5 rings (SSSR count). The number of aromatic hydroxyl groups is 1. The molecule has 4 N–H and O–H groups in total. The van der Waals surface area contributed by atoms with E-state index in [1.54, 1.807) is 30.7 Å². The van der Waals surface area contributed by atoms with Crippen molar-refractivity contribution in [2.24, 2.45) is 4.99 Å². The third-order valence-corrected chi connectivity index (χ3v) is 5.60. The van der Waals surface area contributed by atoms with Crippen LogP contribution in [0.3, 0.4) is 0 Å². The van der Waals surface area contributed by atoms with Crippen LogP contribution in [-0.2, 0) is 4.79 Å². The predicted octanol–water partition coefficient (Wildman–Crippen LogP) is 2.66. The first-order valence-electron chi connectivity index (χ1n) is 10.5. The number of carbonyl (C=O) groups excluding carboxylic acids is 1. The van der Waals surface area contributed by atoms with Crippen LogP contribution in [0.1, 0.15) is 29.0 Å². The molecular weight excluding hydrogens is 420 g/mol. The van der Waals surface area contributed by atoms with Crippen molar-refractivity contribution in [3.63, 3.8) is 0 Å². The maximum atomic E-state index is 12.8. The number of imidazole rings is 2. The highest BCUT2D eigenvalue weighted by Crippen LogP contribution is 2.27. The van der Waals surface area contributed by atoms with Crippen molar-refractivity contribution >= 4 is 22.7 Å². The molecule has 1 aliphatic rings. The number of carbonyl (C=O) groups is 1. The maximum Gasteiger partial charge on any atom is 0.240 e. The number of hydrogen-bond acceptors (Lipinski definition) is 6. The summed E-state index contributed by atoms with van der Waals surface area (Å²) < 4.78 is 1.90. The zero-order valence-corrected chi connectivity index (χ0v) is 17.8. The summed E-state index contributed by atoms with van der Waals surface area (Å²) in [7, 11) is 0. The van der Waals surface area contributed by atoms with Gasteiger partial charge in [-0.3, -0.25) is 9.79 Å². The maximum absolute atomic E-state index is 12.8. The molecule has 0 fully saturated rings. The van der Waals surface area contributed by atoms with Crippen LogP contribution in [0.2, 0.25) is 0 Å². The van der Waals surface area contributed by atoms with Crippen molar-refractivity contribution < 1.29 is 15.0 Å². The van der Waals surface area contributed by atoms with Gasteiger partial charge in [0.2, 0.25) is 5.91 Å². The summed E-state index contributed by atoms with van der Waals surface area (Å²) in [6.07, 6.45) is 7.62. The van der Waals surface area contributed by atoms with Crippen LogP contribution >= 0.6 is 0 Å². The molecule has 2 aromatic carbocycles. The van der Waals surface area contributed by atoms with Crippen molar-refractivity contribution in [3.8, 4) is 11.4 Å². The molecule has 1 amide bonds. The summed E-state index contributed by atoms with van der Waals surface area (Å²) in [6, 6.07) is 10.4. The zero-order valence-electron chi connectivity index (χ0n) is 17.8. The fourth-order valence-electron chi connectivity index (χ4n) is 3.95. The molecule has 2 atom stereocenters. The van der Waals surface area contributed by atoms with Gasteiger partial charge >= 0.3 is 0 Å². The monoisotopic (exact) mass is 442 g/mol. The van der Waals surface area contributed by atoms with Crippen LogP contribution in [0.5, 0.6) is 5.75 Å². The van der Waals surface area contributed by atoms with Crippen molar-refractivity contribution in [1.82, 2.24) is 24.8 Å². The van der Waals surface area contributed by atoms with Gasteiger partial charge in [0, 0.05) is 24.3 Å². The number of allylic oxidation sites excluding steroid dienone is 1. The molecule has 1 aliphatic heterocycles. The Hall–Kier alpha value is -4.24. The van der Waals surface area contributed by atoms with E-state index >= 15 is 0 Å². The molecule has 33 heavy (non-hydrogen) atoms. The number of phenolic OH excluding ortho intramolecular Hbond substituents is 1. The van der Waals surface area contributed by atoms with Gasteiger partial charge in [-0.05, 0) is 48.4 Å². The lowest BCUT2D eigenvalue weighted by atomic mass is 9.98. The van der Waals surface area contributed by atoms with Gasteiger partial charge in [-0.15, -0.1) is 0 Å². The molecule has 166 valence electrons. The van der Waals surface area contributed by atoms with Gasteiger partial charge in [0.05, 0.1) is 35.7 Å². The molecule has 3 heterocycles. The highest BCUT2D eigenvalue weighted by Gasteiger charge is 2.30. The minimum absolute atomic E-state index is 0.0386. The van der Waals surface area contributed by atoms with Crippen LogP contribution in [-0.4, -0.2) is 47.9 Å². The van der Waals surface area contributed by atoms with Gasteiger partial charge in [-0.25, -0.2) is 9.97 Å². The summed E-state index contributed by atoms with van der Waals surface area (Å²) in [5.74, 6) is -0.449. The Morgan fingerprint density at radius 1 is 1.27 bits per heavy atom. The van der Waals surface area contributed by atoms with E-state index in [1.165, 1.54) is 18.3 Å². The second-order valence-corrected chi connectivity index (χ2v) is 7.90. The van der Waals surface area contributed by atoms with E-state index in [4.69, 9.17) is 4.98 Å². The van der Waals surface area contributed by atoms with Gasteiger partial charge in [0.25, 0.3) is 0 Å². The number of amides is 1. The number of fused-ring (bicyclic) bond motifs is 1. The molecule has 0 radical (unpaired) electrons. The number of aliphatic hydroxyl groups excluding tert-OH is 1. The number of aliphatic imine (C=N–C) groups is 1. The Kier molecular flexibility index (Phi) is 5.23. The Labute approximate surface area is 189 Å². The number of aromatic amines is 1. The van der Waals surface area contributed by atoms with Crippen LogP contribution in [0, 0.1) is 6.92 Å². The lowest BCUT2D eigenvalue weighted by molar-refractivity contribution is -0.120. The molecule has 9 heteroatoms. The summed E-state index contributed by atoms with van der Waals surface area (Å²) in [5, 5.41) is 22.9. The Bertz CT molecular complexity index is 1390. The van der Waals surface area contributed by atoms with E-state index in [2.05, 4.69) is 20.3 Å². The number of nitrogens with one attached hydrogen (secondary N) is 2. The molecule has 0 aliphatic carbocycles. The summed E-state index contributed by atoms with van der Waals surface area (Å²) in [5.41, 5.74) is 4.51. The van der Waals surface area contributed by atoms with E-state index < -0.39 is 12.0 Å². The second-order valence-electron chi connectivity index (χ2n) is 7.90. The van der Waals surface area contributed by atoms with Crippen molar-refractivity contribution in [2.75, 3.05) is 6.54 Å². The van der Waals surface area contributed by atoms with Crippen LogP contribution in [0.15, 0.2) is 72.4 Å². The summed E-state index contributed by atoms with van der Waals surface area (Å²) >= 11 is 0. The minimum atomic E-state index is -0.917. The number of hydrogen-bond donors (Lipinski definition) is 4. The molecule has 0 bridgehead atoms. The Morgan fingerprint density at radius 2 is 2.15 bits per heavy atom. The van der Waals surface area contributed by atoms with Gasteiger partial charge in [0.1, 0.15) is 17.5 Å². The molecule has 0 spiro atoms. The standard InChI is InChI=1S/C24H22N6O3/c1-14-9-16(30-8-7-25-13-30)11-19-22(14)29-23(28-19)21-18(5-6-26-24(21)33)27-12-20(32)15-3-2-4-17(31)10-15/h2-11,13,20-21,31-32H,12H2,1H3,(H,26,33)(H,28,29). The van der Waals surface area contributed by atoms with Gasteiger partial charge in [-0.2, -0.15) is 0 Å². The number of benzene rings is 2. The van der Waals surface area contributed by atoms with E-state index in [1.807, 2.05) is 29.8 Å². The van der Waals surface area contributed by atoms with E-state index in [0.29, 0.717) is 17.1 Å². The molecule has 2 aromatic heterocycles. The fraction of sp³-hybridized carbons (Fsp3) is 0.167.